The molecule has 0 aromatic heterocycles. The Bertz CT molecular complexity index is 142. The van der Waals surface area contributed by atoms with E-state index in [1.807, 2.05) is 11.8 Å². The predicted octanol–water partition coefficient (Wildman–Crippen LogP) is 2.57. The summed E-state index contributed by atoms with van der Waals surface area (Å²) in [5, 5.41) is 0. The Kier molecular flexibility index (Phi) is 4.98. The lowest BCUT2D eigenvalue weighted by Gasteiger charge is -2.30. The molecule has 0 spiro atoms. The van der Waals surface area contributed by atoms with Gasteiger partial charge in [0.2, 0.25) is 0 Å². The van der Waals surface area contributed by atoms with Gasteiger partial charge in [-0.25, -0.2) is 0 Å². The number of hydrogen-bond acceptors (Lipinski definition) is 3. The lowest BCUT2D eigenvalue weighted by molar-refractivity contribution is 0.289. The zero-order valence-electron chi connectivity index (χ0n) is 9.01. The maximum atomic E-state index is 2.61. The molecule has 0 aromatic rings. The number of hydrogen-bond donors (Lipinski definition) is 0. The molecule has 3 heteroatoms. The van der Waals surface area contributed by atoms with E-state index in [4.69, 9.17) is 0 Å². The fourth-order valence-corrected chi connectivity index (χ4v) is 2.63. The Labute approximate surface area is 91.0 Å². The van der Waals surface area contributed by atoms with E-state index in [9.17, 15) is 0 Å². The third kappa shape index (κ3) is 4.61. The van der Waals surface area contributed by atoms with Crippen LogP contribution in [0.15, 0.2) is 0 Å². The molecule has 1 aliphatic heterocycles. The molecule has 0 bridgehead atoms. The van der Waals surface area contributed by atoms with E-state index in [1.165, 1.54) is 37.6 Å². The maximum Gasteiger partial charge on any atom is 0.0113 e. The Morgan fingerprint density at radius 3 is 2.46 bits per heavy atom. The highest BCUT2D eigenvalue weighted by molar-refractivity contribution is 8.00. The minimum Gasteiger partial charge on any atom is -0.302 e. The molecule has 0 N–H and O–H groups in total. The lowest BCUT2D eigenvalue weighted by atomic mass is 10.1. The summed E-state index contributed by atoms with van der Waals surface area (Å²) in [6.07, 6.45) is 3.53. The minimum atomic E-state index is 0.463. The Morgan fingerprint density at radius 2 is 1.92 bits per heavy atom. The molecule has 0 radical (unpaired) electrons. The van der Waals surface area contributed by atoms with Crippen LogP contribution in [0.4, 0.5) is 0 Å². The molecule has 1 rings (SSSR count). The zero-order valence-corrected chi connectivity index (χ0v) is 10.6. The molecule has 0 saturated carbocycles. The topological polar surface area (TPSA) is 3.24 Å². The highest BCUT2D eigenvalue weighted by Gasteiger charge is 2.18. The third-order valence-corrected chi connectivity index (χ3v) is 4.94. The smallest absolute Gasteiger partial charge is 0.0113 e. The molecule has 1 nitrogen and oxygen atoms in total. The van der Waals surface area contributed by atoms with Crippen LogP contribution in [-0.2, 0) is 0 Å². The van der Waals surface area contributed by atoms with Gasteiger partial charge in [-0.05, 0) is 19.2 Å². The van der Waals surface area contributed by atoms with E-state index in [0.29, 0.717) is 4.75 Å². The molecule has 1 saturated heterocycles. The van der Waals surface area contributed by atoms with Gasteiger partial charge in [0, 0.05) is 29.3 Å². The van der Waals surface area contributed by atoms with Crippen LogP contribution in [0.2, 0.25) is 0 Å². The SMILES string of the molecule is CSC(C)(C)CCN1CCSCC1. The van der Waals surface area contributed by atoms with E-state index in [0.717, 1.165) is 0 Å². The molecule has 1 fully saturated rings. The van der Waals surface area contributed by atoms with Gasteiger partial charge >= 0.3 is 0 Å². The zero-order chi connectivity index (χ0) is 9.73. The van der Waals surface area contributed by atoms with Crippen molar-refractivity contribution < 1.29 is 0 Å². The normalized spacial score (nSPS) is 20.5. The second kappa shape index (κ2) is 5.52. The van der Waals surface area contributed by atoms with Gasteiger partial charge in [0.15, 0.2) is 0 Å². The molecule has 0 aliphatic carbocycles. The van der Waals surface area contributed by atoms with Crippen molar-refractivity contribution in [1.82, 2.24) is 4.90 Å². The first kappa shape index (κ1) is 11.7. The van der Waals surface area contributed by atoms with Gasteiger partial charge in [0.1, 0.15) is 0 Å². The fraction of sp³-hybridized carbons (Fsp3) is 1.00. The van der Waals surface area contributed by atoms with Gasteiger partial charge in [0.25, 0.3) is 0 Å². The van der Waals surface area contributed by atoms with Gasteiger partial charge in [-0.1, -0.05) is 13.8 Å². The summed E-state index contributed by atoms with van der Waals surface area (Å²) in [6.45, 7) is 8.57. The van der Waals surface area contributed by atoms with Crippen LogP contribution in [0.5, 0.6) is 0 Å². The maximum absolute atomic E-state index is 2.61. The molecule has 0 amide bonds. The molecule has 0 aromatic carbocycles. The summed E-state index contributed by atoms with van der Waals surface area (Å²) < 4.78 is 0.463. The molecule has 0 unspecified atom stereocenters. The summed E-state index contributed by atoms with van der Waals surface area (Å²) in [7, 11) is 0. The lowest BCUT2D eigenvalue weighted by Crippen LogP contribution is -2.35. The molecular weight excluding hydrogens is 198 g/mol. The minimum absolute atomic E-state index is 0.463. The van der Waals surface area contributed by atoms with Gasteiger partial charge in [-0.2, -0.15) is 23.5 Å². The van der Waals surface area contributed by atoms with Gasteiger partial charge in [-0.15, -0.1) is 0 Å². The second-order valence-electron chi connectivity index (χ2n) is 4.17. The average molecular weight is 219 g/mol. The number of nitrogens with zero attached hydrogens (tertiary/aromatic N) is 1. The molecule has 78 valence electrons. The van der Waals surface area contributed by atoms with E-state index in [2.05, 4.69) is 36.8 Å². The van der Waals surface area contributed by atoms with Crippen LogP contribution in [-0.4, -0.2) is 47.0 Å². The summed E-state index contributed by atoms with van der Waals surface area (Å²) in [5.41, 5.74) is 0. The third-order valence-electron chi connectivity index (χ3n) is 2.69. The summed E-state index contributed by atoms with van der Waals surface area (Å²) in [4.78, 5) is 2.61. The average Bonchev–Trinajstić information content (AvgIpc) is 2.17. The van der Waals surface area contributed by atoms with Crippen molar-refractivity contribution in [1.29, 1.82) is 0 Å². The number of thioether (sulfide) groups is 2. The highest BCUT2D eigenvalue weighted by atomic mass is 32.2. The van der Waals surface area contributed by atoms with Crippen molar-refractivity contribution in [2.75, 3.05) is 37.4 Å². The first-order valence-electron chi connectivity index (χ1n) is 4.99. The first-order chi connectivity index (χ1) is 6.14. The van der Waals surface area contributed by atoms with Crippen LogP contribution in [0.25, 0.3) is 0 Å². The van der Waals surface area contributed by atoms with Crippen LogP contribution in [0.1, 0.15) is 20.3 Å². The van der Waals surface area contributed by atoms with Crippen LogP contribution in [0.3, 0.4) is 0 Å². The van der Waals surface area contributed by atoms with Crippen LogP contribution < -0.4 is 0 Å². The van der Waals surface area contributed by atoms with Crippen LogP contribution >= 0.6 is 23.5 Å². The molecular formula is C10H21NS2. The predicted molar refractivity (Wildman–Crippen MR) is 66.0 cm³/mol. The first-order valence-corrected chi connectivity index (χ1v) is 7.37. The van der Waals surface area contributed by atoms with Gasteiger partial charge < -0.3 is 4.90 Å². The molecule has 1 heterocycles. The fourth-order valence-electron chi connectivity index (χ4n) is 1.35. The Hall–Kier alpha value is 0.660. The number of rotatable bonds is 4. The molecule has 13 heavy (non-hydrogen) atoms. The largest absolute Gasteiger partial charge is 0.302 e. The van der Waals surface area contributed by atoms with E-state index < -0.39 is 0 Å². The standard InChI is InChI=1S/C10H21NS2/c1-10(2,12-3)4-5-11-6-8-13-9-7-11/h4-9H2,1-3H3. The van der Waals surface area contributed by atoms with Crippen molar-refractivity contribution in [3.8, 4) is 0 Å². The Balaban J connectivity index is 2.17. The van der Waals surface area contributed by atoms with Gasteiger partial charge in [0.05, 0.1) is 0 Å². The molecule has 0 atom stereocenters. The summed E-state index contributed by atoms with van der Waals surface area (Å²) in [5.74, 6) is 2.67. The van der Waals surface area contributed by atoms with Crippen molar-refractivity contribution >= 4 is 23.5 Å². The second-order valence-corrected chi connectivity index (χ2v) is 6.91. The van der Waals surface area contributed by atoms with Crippen LogP contribution in [0, 0.1) is 0 Å². The highest BCUT2D eigenvalue weighted by Crippen LogP contribution is 2.25. The summed E-state index contributed by atoms with van der Waals surface area (Å²) in [6, 6.07) is 0. The van der Waals surface area contributed by atoms with E-state index in [1.54, 1.807) is 0 Å². The van der Waals surface area contributed by atoms with Crippen molar-refractivity contribution in [2.45, 2.75) is 25.0 Å². The van der Waals surface area contributed by atoms with Crippen molar-refractivity contribution in [2.24, 2.45) is 0 Å². The van der Waals surface area contributed by atoms with Gasteiger partial charge in [-0.3, -0.25) is 0 Å². The monoisotopic (exact) mass is 219 g/mol. The van der Waals surface area contributed by atoms with E-state index >= 15 is 0 Å². The summed E-state index contributed by atoms with van der Waals surface area (Å²) >= 11 is 4.07. The quantitative estimate of drug-likeness (QED) is 0.715. The Morgan fingerprint density at radius 1 is 1.31 bits per heavy atom. The van der Waals surface area contributed by atoms with E-state index in [-0.39, 0.29) is 0 Å². The van der Waals surface area contributed by atoms with Crippen molar-refractivity contribution in [3.63, 3.8) is 0 Å². The van der Waals surface area contributed by atoms with Crippen molar-refractivity contribution in [3.05, 3.63) is 0 Å². The molecule has 1 aliphatic rings.